The van der Waals surface area contributed by atoms with Crippen LogP contribution >= 0.6 is 0 Å². The van der Waals surface area contributed by atoms with E-state index in [1.54, 1.807) is 0 Å². The number of phenolic OH excluding ortho intramolecular Hbond substituents is 2. The second kappa shape index (κ2) is 4.87. The third-order valence-corrected chi connectivity index (χ3v) is 2.78. The Labute approximate surface area is 106 Å². The lowest BCUT2D eigenvalue weighted by molar-refractivity contribution is 0.455. The number of nitrogen functional groups attached to an aromatic ring is 1. The Hall–Kier alpha value is -2.36. The highest BCUT2D eigenvalue weighted by Gasteiger charge is 2.04. The molecule has 2 aromatic rings. The summed E-state index contributed by atoms with van der Waals surface area (Å²) in [6.07, 6.45) is 0. The van der Waals surface area contributed by atoms with E-state index in [0.29, 0.717) is 12.1 Å². The van der Waals surface area contributed by atoms with E-state index in [9.17, 15) is 10.2 Å². The Morgan fingerprint density at radius 1 is 1.11 bits per heavy atom. The number of phenols is 2. The molecule has 0 heterocycles. The predicted octanol–water partition coefficient (Wildman–Crippen LogP) is 2.60. The molecule has 18 heavy (non-hydrogen) atoms. The molecule has 0 saturated carbocycles. The molecule has 0 fully saturated rings. The van der Waals surface area contributed by atoms with Gasteiger partial charge in [-0.15, -0.1) is 0 Å². The summed E-state index contributed by atoms with van der Waals surface area (Å²) in [4.78, 5) is 0. The number of hydrogen-bond donors (Lipinski definition) is 4. The maximum atomic E-state index is 9.66. The first-order valence-electron chi connectivity index (χ1n) is 5.67. The molecule has 0 aromatic heterocycles. The van der Waals surface area contributed by atoms with Crippen LogP contribution in [0.5, 0.6) is 11.5 Å². The third-order valence-electron chi connectivity index (χ3n) is 2.78. The van der Waals surface area contributed by atoms with Gasteiger partial charge in [0.15, 0.2) is 0 Å². The minimum absolute atomic E-state index is 0.138. The Balaban J connectivity index is 2.13. The number of rotatable bonds is 3. The topological polar surface area (TPSA) is 78.5 Å². The van der Waals surface area contributed by atoms with Crippen LogP contribution in [0.4, 0.5) is 11.4 Å². The summed E-state index contributed by atoms with van der Waals surface area (Å²) in [5.41, 5.74) is 9.03. The van der Waals surface area contributed by atoms with Crippen molar-refractivity contribution in [2.75, 3.05) is 11.1 Å². The lowest BCUT2D eigenvalue weighted by Gasteiger charge is -2.11. The smallest absolute Gasteiger partial charge is 0.120 e. The highest BCUT2D eigenvalue weighted by molar-refractivity contribution is 5.58. The largest absolute Gasteiger partial charge is 0.508 e. The zero-order valence-corrected chi connectivity index (χ0v) is 10.1. The van der Waals surface area contributed by atoms with E-state index < -0.39 is 0 Å². The maximum Gasteiger partial charge on any atom is 0.120 e. The third kappa shape index (κ3) is 2.66. The Morgan fingerprint density at radius 3 is 2.61 bits per heavy atom. The molecule has 0 saturated heterocycles. The van der Waals surface area contributed by atoms with Crippen LogP contribution in [-0.4, -0.2) is 10.2 Å². The summed E-state index contributed by atoms with van der Waals surface area (Å²) in [6.45, 7) is 2.39. The highest BCUT2D eigenvalue weighted by atomic mass is 16.3. The second-order valence-corrected chi connectivity index (χ2v) is 4.24. The van der Waals surface area contributed by atoms with Crippen LogP contribution in [0.1, 0.15) is 11.1 Å². The van der Waals surface area contributed by atoms with Gasteiger partial charge in [-0.25, -0.2) is 0 Å². The van der Waals surface area contributed by atoms with E-state index in [1.807, 2.05) is 25.1 Å². The maximum absolute atomic E-state index is 9.66. The van der Waals surface area contributed by atoms with Crippen molar-refractivity contribution in [1.29, 1.82) is 0 Å². The van der Waals surface area contributed by atoms with Crippen molar-refractivity contribution in [3.63, 3.8) is 0 Å². The number of benzene rings is 2. The fraction of sp³-hybridized carbons (Fsp3) is 0.143. The van der Waals surface area contributed by atoms with Crippen molar-refractivity contribution in [3.8, 4) is 11.5 Å². The molecule has 94 valence electrons. The van der Waals surface area contributed by atoms with Crippen molar-refractivity contribution in [2.45, 2.75) is 13.5 Å². The molecule has 0 atom stereocenters. The lowest BCUT2D eigenvalue weighted by Crippen LogP contribution is -2.01. The summed E-state index contributed by atoms with van der Waals surface area (Å²) < 4.78 is 0. The first-order valence-corrected chi connectivity index (χ1v) is 5.67. The zero-order valence-electron chi connectivity index (χ0n) is 10.1. The van der Waals surface area contributed by atoms with Crippen LogP contribution in [0.2, 0.25) is 0 Å². The molecule has 0 spiro atoms. The van der Waals surface area contributed by atoms with Gasteiger partial charge in [-0.3, -0.25) is 0 Å². The summed E-state index contributed by atoms with van der Waals surface area (Å²) in [6, 6.07) is 10.1. The molecule has 0 amide bonds. The van der Waals surface area contributed by atoms with Gasteiger partial charge in [-0.05, 0) is 48.9 Å². The van der Waals surface area contributed by atoms with Crippen LogP contribution in [0.15, 0.2) is 36.4 Å². The van der Waals surface area contributed by atoms with Gasteiger partial charge >= 0.3 is 0 Å². The SMILES string of the molecule is Cc1cc(N)ccc1NCc1cc(O)ccc1O. The molecular weight excluding hydrogens is 228 g/mol. The van der Waals surface area contributed by atoms with E-state index in [-0.39, 0.29) is 11.5 Å². The molecule has 0 aliphatic heterocycles. The van der Waals surface area contributed by atoms with Crippen molar-refractivity contribution < 1.29 is 10.2 Å². The predicted molar refractivity (Wildman–Crippen MR) is 72.7 cm³/mol. The van der Waals surface area contributed by atoms with Crippen LogP contribution in [0, 0.1) is 6.92 Å². The van der Waals surface area contributed by atoms with Gasteiger partial charge in [0.25, 0.3) is 0 Å². The fourth-order valence-corrected chi connectivity index (χ4v) is 1.79. The highest BCUT2D eigenvalue weighted by Crippen LogP contribution is 2.24. The van der Waals surface area contributed by atoms with Gasteiger partial charge in [0.1, 0.15) is 11.5 Å². The summed E-state index contributed by atoms with van der Waals surface area (Å²) >= 11 is 0. The van der Waals surface area contributed by atoms with Crippen LogP contribution in [-0.2, 0) is 6.54 Å². The van der Waals surface area contributed by atoms with E-state index in [0.717, 1.165) is 16.9 Å². The number of nitrogens with two attached hydrogens (primary N) is 1. The average molecular weight is 244 g/mol. The Bertz CT molecular complexity index is 568. The van der Waals surface area contributed by atoms with Crippen LogP contribution in [0.3, 0.4) is 0 Å². The molecule has 2 aromatic carbocycles. The van der Waals surface area contributed by atoms with Crippen LogP contribution < -0.4 is 11.1 Å². The first kappa shape index (κ1) is 12.1. The van der Waals surface area contributed by atoms with E-state index >= 15 is 0 Å². The van der Waals surface area contributed by atoms with Crippen molar-refractivity contribution in [3.05, 3.63) is 47.5 Å². The quantitative estimate of drug-likeness (QED) is 0.494. The molecule has 5 N–H and O–H groups in total. The molecule has 0 unspecified atom stereocenters. The lowest BCUT2D eigenvalue weighted by atomic mass is 10.1. The summed E-state index contributed by atoms with van der Waals surface area (Å²) in [5, 5.41) is 22.2. The van der Waals surface area contributed by atoms with Crippen LogP contribution in [0.25, 0.3) is 0 Å². The van der Waals surface area contributed by atoms with E-state index in [2.05, 4.69) is 5.32 Å². The fourth-order valence-electron chi connectivity index (χ4n) is 1.79. The Kier molecular flexibility index (Phi) is 3.28. The first-order chi connectivity index (χ1) is 8.56. The van der Waals surface area contributed by atoms with Gasteiger partial charge in [-0.2, -0.15) is 0 Å². The molecule has 0 bridgehead atoms. The minimum Gasteiger partial charge on any atom is -0.508 e. The number of anilines is 2. The number of nitrogens with one attached hydrogen (secondary N) is 1. The summed E-state index contributed by atoms with van der Waals surface area (Å²) in [5.74, 6) is 0.298. The number of aryl methyl sites for hydroxylation is 1. The molecule has 2 rings (SSSR count). The summed E-state index contributed by atoms with van der Waals surface area (Å²) in [7, 11) is 0. The van der Waals surface area contributed by atoms with Crippen molar-refractivity contribution in [1.82, 2.24) is 0 Å². The number of hydrogen-bond acceptors (Lipinski definition) is 4. The average Bonchev–Trinajstić information content (AvgIpc) is 2.32. The molecule has 4 nitrogen and oxygen atoms in total. The van der Waals surface area contributed by atoms with Gasteiger partial charge in [-0.1, -0.05) is 0 Å². The van der Waals surface area contributed by atoms with Gasteiger partial charge in [0, 0.05) is 23.5 Å². The van der Waals surface area contributed by atoms with Gasteiger partial charge in [0.2, 0.25) is 0 Å². The van der Waals surface area contributed by atoms with Crippen molar-refractivity contribution >= 4 is 11.4 Å². The van der Waals surface area contributed by atoms with E-state index in [4.69, 9.17) is 5.73 Å². The monoisotopic (exact) mass is 244 g/mol. The second-order valence-electron chi connectivity index (χ2n) is 4.24. The molecule has 0 aliphatic rings. The molecule has 4 heteroatoms. The zero-order chi connectivity index (χ0) is 13.1. The Morgan fingerprint density at radius 2 is 1.89 bits per heavy atom. The molecular formula is C14H16N2O2. The molecule has 0 aliphatic carbocycles. The number of aromatic hydroxyl groups is 2. The normalized spacial score (nSPS) is 10.3. The standard InChI is InChI=1S/C14H16N2O2/c1-9-6-11(15)2-4-13(9)16-8-10-7-12(17)3-5-14(10)18/h2-7,16-18H,8,15H2,1H3. The minimum atomic E-state index is 0.138. The molecule has 0 radical (unpaired) electrons. The van der Waals surface area contributed by atoms with Gasteiger partial charge < -0.3 is 21.3 Å². The van der Waals surface area contributed by atoms with Gasteiger partial charge in [0.05, 0.1) is 0 Å². The van der Waals surface area contributed by atoms with E-state index in [1.165, 1.54) is 18.2 Å². The van der Waals surface area contributed by atoms with Crippen molar-refractivity contribution in [2.24, 2.45) is 0 Å².